The Bertz CT molecular complexity index is 925. The molecule has 2 aliphatic rings. The highest BCUT2D eigenvalue weighted by Crippen LogP contribution is 2.24. The van der Waals surface area contributed by atoms with E-state index in [0.717, 1.165) is 51.4 Å². The fourth-order valence-corrected chi connectivity index (χ4v) is 4.58. The van der Waals surface area contributed by atoms with Gasteiger partial charge in [0.2, 0.25) is 0 Å². The summed E-state index contributed by atoms with van der Waals surface area (Å²) in [5.74, 6) is 0.124. The van der Waals surface area contributed by atoms with E-state index in [1.54, 1.807) is 0 Å². The number of nitrogens with zero attached hydrogens (tertiary/aromatic N) is 3. The van der Waals surface area contributed by atoms with Crippen molar-refractivity contribution in [3.8, 4) is 5.75 Å². The molecule has 6 heteroatoms. The first-order chi connectivity index (χ1) is 15.7. The van der Waals surface area contributed by atoms with E-state index in [9.17, 15) is 9.90 Å². The van der Waals surface area contributed by atoms with Crippen molar-refractivity contribution in [2.45, 2.75) is 38.8 Å². The van der Waals surface area contributed by atoms with Crippen LogP contribution in [0.25, 0.3) is 6.08 Å². The van der Waals surface area contributed by atoms with Crippen LogP contribution in [-0.2, 0) is 13.1 Å². The largest absolute Gasteiger partial charge is 0.507 e. The van der Waals surface area contributed by atoms with Gasteiger partial charge in [-0.3, -0.25) is 14.7 Å². The summed E-state index contributed by atoms with van der Waals surface area (Å²) >= 11 is 0. The average Bonchev–Trinajstić information content (AvgIpc) is 3.09. The van der Waals surface area contributed by atoms with Gasteiger partial charge in [-0.1, -0.05) is 55.3 Å². The van der Waals surface area contributed by atoms with Crippen molar-refractivity contribution in [1.82, 2.24) is 14.7 Å². The van der Waals surface area contributed by atoms with Crippen molar-refractivity contribution in [2.24, 2.45) is 0 Å². The predicted octanol–water partition coefficient (Wildman–Crippen LogP) is 3.55. The molecule has 32 heavy (non-hydrogen) atoms. The molecule has 2 aliphatic heterocycles. The molecule has 6 nitrogen and oxygen atoms in total. The van der Waals surface area contributed by atoms with Crippen LogP contribution in [0.3, 0.4) is 0 Å². The molecule has 0 atom stereocenters. The van der Waals surface area contributed by atoms with Gasteiger partial charge in [0, 0.05) is 51.4 Å². The summed E-state index contributed by atoms with van der Waals surface area (Å²) < 4.78 is 5.31. The summed E-state index contributed by atoms with van der Waals surface area (Å²) in [5.41, 5.74) is 1.92. The van der Waals surface area contributed by atoms with Crippen molar-refractivity contribution < 1.29 is 9.52 Å². The van der Waals surface area contributed by atoms with Crippen LogP contribution in [-0.4, -0.2) is 65.6 Å². The molecule has 0 saturated carbocycles. The summed E-state index contributed by atoms with van der Waals surface area (Å²) in [6, 6.07) is 10.3. The first-order valence-electron chi connectivity index (χ1n) is 11.9. The Labute approximate surface area is 190 Å². The molecular formula is C26H35N3O3. The lowest BCUT2D eigenvalue weighted by Crippen LogP contribution is -2.46. The van der Waals surface area contributed by atoms with Crippen LogP contribution in [0.1, 0.15) is 42.4 Å². The van der Waals surface area contributed by atoms with Crippen molar-refractivity contribution in [3.63, 3.8) is 0 Å². The van der Waals surface area contributed by atoms with Crippen LogP contribution in [0.5, 0.6) is 5.75 Å². The number of hydrogen-bond donors (Lipinski definition) is 1. The van der Waals surface area contributed by atoms with E-state index in [2.05, 4.69) is 39.0 Å². The molecule has 1 aromatic heterocycles. The van der Waals surface area contributed by atoms with Gasteiger partial charge in [-0.05, 0) is 31.5 Å². The van der Waals surface area contributed by atoms with Gasteiger partial charge >= 0.3 is 5.63 Å². The van der Waals surface area contributed by atoms with E-state index in [-0.39, 0.29) is 5.75 Å². The lowest BCUT2D eigenvalue weighted by atomic mass is 10.1. The number of piperazine rings is 1. The normalized spacial score (nSPS) is 19.4. The van der Waals surface area contributed by atoms with Crippen molar-refractivity contribution >= 4 is 6.08 Å². The molecule has 0 amide bonds. The highest BCUT2D eigenvalue weighted by molar-refractivity contribution is 5.48. The second kappa shape index (κ2) is 11.5. The van der Waals surface area contributed by atoms with Crippen LogP contribution in [0.2, 0.25) is 0 Å². The molecule has 0 spiro atoms. The van der Waals surface area contributed by atoms with Crippen molar-refractivity contribution in [1.29, 1.82) is 0 Å². The molecule has 4 rings (SSSR count). The first-order valence-corrected chi connectivity index (χ1v) is 11.9. The van der Waals surface area contributed by atoms with Gasteiger partial charge in [0.1, 0.15) is 12.0 Å². The summed E-state index contributed by atoms with van der Waals surface area (Å²) in [4.78, 5) is 19.4. The molecule has 2 fully saturated rings. The monoisotopic (exact) mass is 437 g/mol. The van der Waals surface area contributed by atoms with Gasteiger partial charge in [0.15, 0.2) is 0 Å². The lowest BCUT2D eigenvalue weighted by Gasteiger charge is -2.34. The maximum atomic E-state index is 12.4. The maximum Gasteiger partial charge on any atom is 0.343 e. The third-order valence-electron chi connectivity index (χ3n) is 6.56. The Morgan fingerprint density at radius 1 is 0.844 bits per heavy atom. The number of rotatable bonds is 7. The van der Waals surface area contributed by atoms with Crippen LogP contribution in [0, 0.1) is 0 Å². The quantitative estimate of drug-likeness (QED) is 0.715. The lowest BCUT2D eigenvalue weighted by molar-refractivity contribution is 0.134. The van der Waals surface area contributed by atoms with E-state index in [0.29, 0.717) is 18.7 Å². The van der Waals surface area contributed by atoms with E-state index >= 15 is 0 Å². The summed E-state index contributed by atoms with van der Waals surface area (Å²) in [5, 5.41) is 10.8. The highest BCUT2D eigenvalue weighted by Gasteiger charge is 2.22. The summed E-state index contributed by atoms with van der Waals surface area (Å²) in [6.07, 6.45) is 10.7. The maximum absolute atomic E-state index is 12.4. The van der Waals surface area contributed by atoms with E-state index in [1.165, 1.54) is 37.5 Å². The fourth-order valence-electron chi connectivity index (χ4n) is 4.58. The highest BCUT2D eigenvalue weighted by atomic mass is 16.4. The van der Waals surface area contributed by atoms with E-state index < -0.39 is 5.63 Å². The molecule has 0 radical (unpaired) electrons. The first kappa shape index (κ1) is 22.8. The molecule has 2 saturated heterocycles. The van der Waals surface area contributed by atoms with Crippen LogP contribution >= 0.6 is 0 Å². The third-order valence-corrected chi connectivity index (χ3v) is 6.56. The summed E-state index contributed by atoms with van der Waals surface area (Å²) in [6.45, 7) is 7.70. The van der Waals surface area contributed by atoms with Crippen LogP contribution in [0.4, 0.5) is 0 Å². The Balaban J connectivity index is 1.30. The van der Waals surface area contributed by atoms with Crippen molar-refractivity contribution in [3.05, 3.63) is 69.8 Å². The molecule has 2 aromatic rings. The minimum absolute atomic E-state index is 0.124. The smallest absolute Gasteiger partial charge is 0.343 e. The molecule has 0 unspecified atom stereocenters. The minimum atomic E-state index is -0.421. The molecular weight excluding hydrogens is 402 g/mol. The van der Waals surface area contributed by atoms with Gasteiger partial charge in [-0.15, -0.1) is 0 Å². The Morgan fingerprint density at radius 3 is 2.22 bits per heavy atom. The number of likely N-dealkylation sites (tertiary alicyclic amines) is 1. The molecule has 1 N–H and O–H groups in total. The van der Waals surface area contributed by atoms with E-state index in [4.69, 9.17) is 4.42 Å². The zero-order valence-electron chi connectivity index (χ0n) is 18.9. The van der Waals surface area contributed by atoms with Crippen LogP contribution < -0.4 is 5.63 Å². The second-order valence-electron chi connectivity index (χ2n) is 8.96. The summed E-state index contributed by atoms with van der Waals surface area (Å²) in [7, 11) is 0. The number of hydrogen-bond acceptors (Lipinski definition) is 6. The van der Waals surface area contributed by atoms with E-state index in [1.807, 2.05) is 18.2 Å². The molecule has 172 valence electrons. The third kappa shape index (κ3) is 6.31. The predicted molar refractivity (Wildman–Crippen MR) is 128 cm³/mol. The van der Waals surface area contributed by atoms with Gasteiger partial charge in [0.25, 0.3) is 0 Å². The standard InChI is InChI=1S/C26H35N3O3/c30-25-23(19-28-12-6-1-2-7-13-28)21-32-26(31)24(25)20-29-17-15-27(16-18-29)14-8-11-22-9-4-3-5-10-22/h3-5,8-11,21,30H,1-2,6-7,12-20H2. The fraction of sp³-hybridized carbons (Fsp3) is 0.500. The van der Waals surface area contributed by atoms with Gasteiger partial charge in [-0.25, -0.2) is 4.79 Å². The SMILES string of the molecule is O=c1occ(CN2CCCCCC2)c(O)c1CN1CCN(CC=Cc2ccccc2)CC1. The molecule has 1 aromatic carbocycles. The number of benzene rings is 1. The Kier molecular flexibility index (Phi) is 8.15. The topological polar surface area (TPSA) is 60.2 Å². The van der Waals surface area contributed by atoms with Crippen LogP contribution in [0.15, 0.2) is 51.9 Å². The Morgan fingerprint density at radius 2 is 1.50 bits per heavy atom. The van der Waals surface area contributed by atoms with Crippen molar-refractivity contribution in [2.75, 3.05) is 45.8 Å². The number of aromatic hydroxyl groups is 1. The second-order valence-corrected chi connectivity index (χ2v) is 8.96. The zero-order chi connectivity index (χ0) is 22.2. The molecule has 3 heterocycles. The van der Waals surface area contributed by atoms with Gasteiger partial charge < -0.3 is 9.52 Å². The van der Waals surface area contributed by atoms with Gasteiger partial charge in [0.05, 0.1) is 5.56 Å². The Hall–Kier alpha value is -2.41. The zero-order valence-corrected chi connectivity index (χ0v) is 18.9. The molecule has 0 bridgehead atoms. The molecule has 0 aliphatic carbocycles. The minimum Gasteiger partial charge on any atom is -0.507 e. The van der Waals surface area contributed by atoms with Gasteiger partial charge in [-0.2, -0.15) is 0 Å². The average molecular weight is 438 g/mol.